The molecule has 3 nitrogen and oxygen atoms in total. The monoisotopic (exact) mass is 300 g/mol. The molecular weight excluding hydrogens is 279 g/mol. The first-order valence-corrected chi connectivity index (χ1v) is 7.28. The molecule has 0 aromatic heterocycles. The van der Waals surface area contributed by atoms with E-state index in [1.807, 2.05) is 50.1 Å². The summed E-state index contributed by atoms with van der Waals surface area (Å²) >= 11 is 0. The van der Waals surface area contributed by atoms with Gasteiger partial charge in [-0.15, -0.1) is 0 Å². The number of benzene rings is 2. The molecule has 0 aliphatic rings. The van der Waals surface area contributed by atoms with Crippen LogP contribution in [-0.4, -0.2) is 23.9 Å². The smallest absolute Gasteiger partial charge is 0.241 e. The fraction of sp³-hybridized carbons (Fsp3) is 0.278. The molecule has 0 aliphatic carbocycles. The molecule has 1 atom stereocenters. The van der Waals surface area contributed by atoms with Gasteiger partial charge in [0, 0.05) is 12.2 Å². The van der Waals surface area contributed by atoms with Crippen molar-refractivity contribution in [2.24, 2.45) is 0 Å². The Morgan fingerprint density at radius 2 is 1.82 bits per heavy atom. The van der Waals surface area contributed by atoms with E-state index in [4.69, 9.17) is 0 Å². The quantitative estimate of drug-likeness (QED) is 0.915. The van der Waals surface area contributed by atoms with Crippen molar-refractivity contribution < 1.29 is 9.18 Å². The van der Waals surface area contributed by atoms with E-state index in [-0.39, 0.29) is 17.8 Å². The second kappa shape index (κ2) is 7.18. The summed E-state index contributed by atoms with van der Waals surface area (Å²) in [5, 5.41) is 2.95. The van der Waals surface area contributed by atoms with Crippen molar-refractivity contribution in [2.45, 2.75) is 26.4 Å². The van der Waals surface area contributed by atoms with Crippen LogP contribution in [0.1, 0.15) is 18.1 Å². The SMILES string of the molecule is Cc1ccccc1NC(=O)C(C)N(C)Cc1ccc(F)cc1. The number of carbonyl (C=O) groups excluding carboxylic acids is 1. The first kappa shape index (κ1) is 16.2. The largest absolute Gasteiger partial charge is 0.324 e. The van der Waals surface area contributed by atoms with E-state index in [9.17, 15) is 9.18 Å². The summed E-state index contributed by atoms with van der Waals surface area (Å²) in [5.74, 6) is -0.310. The molecule has 0 saturated carbocycles. The number of hydrogen-bond acceptors (Lipinski definition) is 2. The van der Waals surface area contributed by atoms with Gasteiger partial charge in [-0.3, -0.25) is 9.69 Å². The summed E-state index contributed by atoms with van der Waals surface area (Å²) < 4.78 is 12.9. The van der Waals surface area contributed by atoms with Gasteiger partial charge in [0.25, 0.3) is 0 Å². The van der Waals surface area contributed by atoms with Crippen LogP contribution < -0.4 is 5.32 Å². The highest BCUT2D eigenvalue weighted by Gasteiger charge is 2.18. The number of nitrogens with zero attached hydrogens (tertiary/aromatic N) is 1. The Balaban J connectivity index is 1.97. The fourth-order valence-electron chi connectivity index (χ4n) is 2.17. The van der Waals surface area contributed by atoms with E-state index in [0.29, 0.717) is 6.54 Å². The second-order valence-corrected chi connectivity index (χ2v) is 5.52. The lowest BCUT2D eigenvalue weighted by Gasteiger charge is -2.24. The maximum atomic E-state index is 12.9. The van der Waals surface area contributed by atoms with Crippen LogP contribution in [0.2, 0.25) is 0 Å². The van der Waals surface area contributed by atoms with Gasteiger partial charge >= 0.3 is 0 Å². The van der Waals surface area contributed by atoms with Gasteiger partial charge in [0.15, 0.2) is 0 Å². The summed E-state index contributed by atoms with van der Waals surface area (Å²) in [7, 11) is 1.88. The molecule has 0 saturated heterocycles. The molecule has 4 heteroatoms. The molecule has 2 aromatic carbocycles. The first-order valence-electron chi connectivity index (χ1n) is 7.28. The summed E-state index contributed by atoms with van der Waals surface area (Å²) in [4.78, 5) is 14.3. The van der Waals surface area contributed by atoms with Crippen LogP contribution in [0, 0.1) is 12.7 Å². The molecule has 2 aromatic rings. The number of halogens is 1. The predicted octanol–water partition coefficient (Wildman–Crippen LogP) is 3.59. The van der Waals surface area contributed by atoms with Crippen molar-refractivity contribution in [1.82, 2.24) is 4.90 Å². The fourth-order valence-corrected chi connectivity index (χ4v) is 2.17. The minimum absolute atomic E-state index is 0.0566. The molecule has 116 valence electrons. The summed E-state index contributed by atoms with van der Waals surface area (Å²) in [5.41, 5.74) is 2.83. The number of aryl methyl sites for hydroxylation is 1. The lowest BCUT2D eigenvalue weighted by Crippen LogP contribution is -2.39. The zero-order chi connectivity index (χ0) is 16.1. The topological polar surface area (TPSA) is 32.3 Å². The maximum Gasteiger partial charge on any atom is 0.241 e. The molecule has 0 heterocycles. The van der Waals surface area contributed by atoms with Gasteiger partial charge in [0.2, 0.25) is 5.91 Å². The standard InChI is InChI=1S/C18H21FN2O/c1-13-6-4-5-7-17(13)20-18(22)14(2)21(3)12-15-8-10-16(19)11-9-15/h4-11,14H,12H2,1-3H3,(H,20,22). The van der Waals surface area contributed by atoms with Crippen LogP contribution in [-0.2, 0) is 11.3 Å². The van der Waals surface area contributed by atoms with E-state index in [2.05, 4.69) is 5.32 Å². The highest BCUT2D eigenvalue weighted by Crippen LogP contribution is 2.15. The number of amides is 1. The van der Waals surface area contributed by atoms with Gasteiger partial charge in [-0.2, -0.15) is 0 Å². The zero-order valence-electron chi connectivity index (χ0n) is 13.1. The molecule has 0 aliphatic heterocycles. The van der Waals surface area contributed by atoms with Crippen molar-refractivity contribution in [3.05, 3.63) is 65.5 Å². The highest BCUT2D eigenvalue weighted by molar-refractivity contribution is 5.95. The Morgan fingerprint density at radius 3 is 2.45 bits per heavy atom. The number of para-hydroxylation sites is 1. The number of anilines is 1. The normalized spacial score (nSPS) is 12.2. The van der Waals surface area contributed by atoms with Crippen LogP contribution >= 0.6 is 0 Å². The van der Waals surface area contributed by atoms with Crippen molar-refractivity contribution >= 4 is 11.6 Å². The average molecular weight is 300 g/mol. The summed E-state index contributed by atoms with van der Waals surface area (Å²) in [6.45, 7) is 4.41. The molecule has 22 heavy (non-hydrogen) atoms. The van der Waals surface area contributed by atoms with Crippen molar-refractivity contribution in [3.8, 4) is 0 Å². The van der Waals surface area contributed by atoms with Gasteiger partial charge in [0.1, 0.15) is 5.82 Å². The summed E-state index contributed by atoms with van der Waals surface area (Å²) in [6, 6.07) is 13.7. The van der Waals surface area contributed by atoms with E-state index >= 15 is 0 Å². The molecule has 2 rings (SSSR count). The van der Waals surface area contributed by atoms with Gasteiger partial charge in [-0.1, -0.05) is 30.3 Å². The Bertz CT molecular complexity index is 640. The van der Waals surface area contributed by atoms with E-state index < -0.39 is 0 Å². The number of rotatable bonds is 5. The first-order chi connectivity index (χ1) is 10.5. The molecule has 0 radical (unpaired) electrons. The molecule has 1 N–H and O–H groups in total. The molecule has 0 bridgehead atoms. The minimum atomic E-state index is -0.287. The van der Waals surface area contributed by atoms with Crippen molar-refractivity contribution in [2.75, 3.05) is 12.4 Å². The van der Waals surface area contributed by atoms with E-state index in [0.717, 1.165) is 16.8 Å². The number of likely N-dealkylation sites (N-methyl/N-ethyl adjacent to an activating group) is 1. The number of hydrogen-bond donors (Lipinski definition) is 1. The van der Waals surface area contributed by atoms with Gasteiger partial charge < -0.3 is 5.32 Å². The number of nitrogens with one attached hydrogen (secondary N) is 1. The van der Waals surface area contributed by atoms with Crippen LogP contribution in [0.25, 0.3) is 0 Å². The molecule has 1 amide bonds. The third-order valence-corrected chi connectivity index (χ3v) is 3.79. The van der Waals surface area contributed by atoms with Crippen LogP contribution in [0.15, 0.2) is 48.5 Å². The van der Waals surface area contributed by atoms with Gasteiger partial charge in [-0.05, 0) is 50.2 Å². The third-order valence-electron chi connectivity index (χ3n) is 3.79. The Morgan fingerprint density at radius 1 is 1.18 bits per heavy atom. The maximum absolute atomic E-state index is 12.9. The predicted molar refractivity (Wildman–Crippen MR) is 87.1 cm³/mol. The average Bonchev–Trinajstić information content (AvgIpc) is 2.51. The Labute approximate surface area is 130 Å². The number of carbonyl (C=O) groups is 1. The van der Waals surface area contributed by atoms with Crippen molar-refractivity contribution in [1.29, 1.82) is 0 Å². The molecular formula is C18H21FN2O. The zero-order valence-corrected chi connectivity index (χ0v) is 13.1. The molecule has 0 spiro atoms. The van der Waals surface area contributed by atoms with Crippen LogP contribution in [0.3, 0.4) is 0 Å². The van der Waals surface area contributed by atoms with Gasteiger partial charge in [-0.25, -0.2) is 4.39 Å². The van der Waals surface area contributed by atoms with Crippen LogP contribution in [0.5, 0.6) is 0 Å². The van der Waals surface area contributed by atoms with Gasteiger partial charge in [0.05, 0.1) is 6.04 Å². The van der Waals surface area contributed by atoms with Crippen molar-refractivity contribution in [3.63, 3.8) is 0 Å². The second-order valence-electron chi connectivity index (χ2n) is 5.52. The third kappa shape index (κ3) is 4.15. The van der Waals surface area contributed by atoms with Crippen LogP contribution in [0.4, 0.5) is 10.1 Å². The van der Waals surface area contributed by atoms with E-state index in [1.165, 1.54) is 12.1 Å². The lowest BCUT2D eigenvalue weighted by molar-refractivity contribution is -0.120. The molecule has 1 unspecified atom stereocenters. The van der Waals surface area contributed by atoms with E-state index in [1.54, 1.807) is 12.1 Å². The minimum Gasteiger partial charge on any atom is -0.324 e. The lowest BCUT2D eigenvalue weighted by atomic mass is 10.1. The summed E-state index contributed by atoms with van der Waals surface area (Å²) in [6.07, 6.45) is 0. The highest BCUT2D eigenvalue weighted by atomic mass is 19.1. The Hall–Kier alpha value is -2.20. The Kier molecular flexibility index (Phi) is 5.28. The molecule has 0 fully saturated rings.